The lowest BCUT2D eigenvalue weighted by Crippen LogP contribution is -2.43. The number of halogens is 3. The van der Waals surface area contributed by atoms with E-state index >= 15 is 0 Å². The highest BCUT2D eigenvalue weighted by Gasteiger charge is 2.35. The summed E-state index contributed by atoms with van der Waals surface area (Å²) in [5, 5.41) is 2.68. The van der Waals surface area contributed by atoms with Crippen LogP contribution in [0.25, 0.3) is 0 Å². The summed E-state index contributed by atoms with van der Waals surface area (Å²) in [6.45, 7) is 1.64. The average Bonchev–Trinajstić information content (AvgIpc) is 2.40. The SMILES string of the molecule is CN1CCC(NC(=O)c2ccc(N)cc2C(F)(F)F)CC1. The van der Waals surface area contributed by atoms with Gasteiger partial charge in [0.05, 0.1) is 11.1 Å². The fourth-order valence-corrected chi connectivity index (χ4v) is 2.41. The van der Waals surface area contributed by atoms with E-state index in [-0.39, 0.29) is 17.3 Å². The van der Waals surface area contributed by atoms with Crippen LogP contribution in [0, 0.1) is 0 Å². The highest BCUT2D eigenvalue weighted by Crippen LogP contribution is 2.33. The van der Waals surface area contributed by atoms with Crippen molar-refractivity contribution in [3.05, 3.63) is 29.3 Å². The van der Waals surface area contributed by atoms with Crippen molar-refractivity contribution >= 4 is 11.6 Å². The van der Waals surface area contributed by atoms with E-state index in [1.165, 1.54) is 6.07 Å². The third kappa shape index (κ3) is 3.87. The second kappa shape index (κ2) is 5.93. The second-order valence-electron chi connectivity index (χ2n) is 5.35. The number of rotatable bonds is 2. The topological polar surface area (TPSA) is 58.4 Å². The maximum Gasteiger partial charge on any atom is 0.417 e. The minimum Gasteiger partial charge on any atom is -0.399 e. The van der Waals surface area contributed by atoms with Crippen molar-refractivity contribution in [3.8, 4) is 0 Å². The number of likely N-dealkylation sites (tertiary alicyclic amines) is 1. The predicted octanol–water partition coefficient (Wildman–Crippen LogP) is 2.11. The number of anilines is 1. The molecule has 0 saturated carbocycles. The van der Waals surface area contributed by atoms with E-state index in [4.69, 9.17) is 5.73 Å². The van der Waals surface area contributed by atoms with Gasteiger partial charge in [0.2, 0.25) is 0 Å². The molecular formula is C14H18F3N3O. The first-order chi connectivity index (χ1) is 9.77. The number of nitrogens with zero attached hydrogens (tertiary/aromatic N) is 1. The fraction of sp³-hybridized carbons (Fsp3) is 0.500. The lowest BCUT2D eigenvalue weighted by molar-refractivity contribution is -0.137. The molecule has 1 aromatic rings. The maximum atomic E-state index is 13.0. The van der Waals surface area contributed by atoms with E-state index in [2.05, 4.69) is 10.2 Å². The number of nitrogen functional groups attached to an aromatic ring is 1. The third-order valence-electron chi connectivity index (χ3n) is 3.65. The van der Waals surface area contributed by atoms with E-state index in [1.807, 2.05) is 7.05 Å². The zero-order chi connectivity index (χ0) is 15.6. The maximum absolute atomic E-state index is 13.0. The van der Waals surface area contributed by atoms with Gasteiger partial charge in [-0.2, -0.15) is 13.2 Å². The predicted molar refractivity (Wildman–Crippen MR) is 73.8 cm³/mol. The van der Waals surface area contributed by atoms with E-state index in [1.54, 1.807) is 0 Å². The minimum atomic E-state index is -4.60. The van der Waals surface area contributed by atoms with Gasteiger partial charge in [0, 0.05) is 11.7 Å². The monoisotopic (exact) mass is 301 g/mol. The molecule has 0 atom stereocenters. The largest absolute Gasteiger partial charge is 0.417 e. The standard InChI is InChI=1S/C14H18F3N3O/c1-20-6-4-10(5-7-20)19-13(21)11-3-2-9(18)8-12(11)14(15,16)17/h2-3,8,10H,4-7,18H2,1H3,(H,19,21). The molecular weight excluding hydrogens is 283 g/mol. The molecule has 1 aromatic carbocycles. The van der Waals surface area contributed by atoms with Gasteiger partial charge in [0.1, 0.15) is 0 Å². The Morgan fingerprint density at radius 2 is 1.95 bits per heavy atom. The number of carbonyl (C=O) groups excluding carboxylic acids is 1. The zero-order valence-electron chi connectivity index (χ0n) is 11.7. The quantitative estimate of drug-likeness (QED) is 0.823. The number of carbonyl (C=O) groups is 1. The first kappa shape index (κ1) is 15.6. The van der Waals surface area contributed by atoms with Gasteiger partial charge in [0.25, 0.3) is 5.91 Å². The van der Waals surface area contributed by atoms with Gasteiger partial charge in [0.15, 0.2) is 0 Å². The van der Waals surface area contributed by atoms with Crippen LogP contribution in [0.4, 0.5) is 18.9 Å². The van der Waals surface area contributed by atoms with Crippen LogP contribution < -0.4 is 11.1 Å². The van der Waals surface area contributed by atoms with Crippen LogP contribution in [0.5, 0.6) is 0 Å². The van der Waals surface area contributed by atoms with Gasteiger partial charge in [-0.3, -0.25) is 4.79 Å². The normalized spacial score (nSPS) is 17.7. The number of hydrogen-bond acceptors (Lipinski definition) is 3. The third-order valence-corrected chi connectivity index (χ3v) is 3.65. The molecule has 1 amide bonds. The van der Waals surface area contributed by atoms with E-state index < -0.39 is 17.6 Å². The number of benzene rings is 1. The lowest BCUT2D eigenvalue weighted by atomic mass is 10.0. The number of hydrogen-bond donors (Lipinski definition) is 2. The zero-order valence-corrected chi connectivity index (χ0v) is 11.7. The lowest BCUT2D eigenvalue weighted by Gasteiger charge is -2.29. The summed E-state index contributed by atoms with van der Waals surface area (Å²) in [5.41, 5.74) is 4.00. The highest BCUT2D eigenvalue weighted by atomic mass is 19.4. The summed E-state index contributed by atoms with van der Waals surface area (Å²) in [6, 6.07) is 3.14. The van der Waals surface area contributed by atoms with Gasteiger partial charge in [-0.05, 0) is 51.2 Å². The number of amides is 1. The molecule has 3 N–H and O–H groups in total. The average molecular weight is 301 g/mol. The number of nitrogens with one attached hydrogen (secondary N) is 1. The Bertz CT molecular complexity index is 523. The Morgan fingerprint density at radius 3 is 2.52 bits per heavy atom. The molecule has 0 unspecified atom stereocenters. The summed E-state index contributed by atoms with van der Waals surface area (Å²) < 4.78 is 38.9. The van der Waals surface area contributed by atoms with Crippen LogP contribution in [-0.4, -0.2) is 37.0 Å². The van der Waals surface area contributed by atoms with Crippen LogP contribution in [0.2, 0.25) is 0 Å². The Kier molecular flexibility index (Phi) is 4.41. The molecule has 0 aromatic heterocycles. The second-order valence-corrected chi connectivity index (χ2v) is 5.35. The summed E-state index contributed by atoms with van der Waals surface area (Å²) >= 11 is 0. The molecule has 1 heterocycles. The Hall–Kier alpha value is -1.76. The highest BCUT2D eigenvalue weighted by molar-refractivity contribution is 5.96. The van der Waals surface area contributed by atoms with Gasteiger partial charge >= 0.3 is 6.18 Å². The van der Waals surface area contributed by atoms with Crippen molar-refractivity contribution in [1.82, 2.24) is 10.2 Å². The van der Waals surface area contributed by atoms with Crippen LogP contribution in [0.3, 0.4) is 0 Å². The van der Waals surface area contributed by atoms with Gasteiger partial charge in [-0.1, -0.05) is 0 Å². The van der Waals surface area contributed by atoms with E-state index in [0.717, 1.165) is 38.1 Å². The van der Waals surface area contributed by atoms with Gasteiger partial charge < -0.3 is 16.0 Å². The number of nitrogens with two attached hydrogens (primary N) is 1. The molecule has 0 spiro atoms. The molecule has 0 aliphatic carbocycles. The van der Waals surface area contributed by atoms with Crippen molar-refractivity contribution in [2.45, 2.75) is 25.1 Å². The first-order valence-corrected chi connectivity index (χ1v) is 6.73. The van der Waals surface area contributed by atoms with Crippen molar-refractivity contribution < 1.29 is 18.0 Å². The first-order valence-electron chi connectivity index (χ1n) is 6.73. The van der Waals surface area contributed by atoms with Crippen LogP contribution in [0.15, 0.2) is 18.2 Å². The molecule has 7 heteroatoms. The van der Waals surface area contributed by atoms with Crippen LogP contribution in [-0.2, 0) is 6.18 Å². The molecule has 1 aliphatic rings. The minimum absolute atomic E-state index is 0.0156. The van der Waals surface area contributed by atoms with E-state index in [9.17, 15) is 18.0 Å². The van der Waals surface area contributed by atoms with Gasteiger partial charge in [-0.15, -0.1) is 0 Å². The van der Waals surface area contributed by atoms with Crippen molar-refractivity contribution in [1.29, 1.82) is 0 Å². The molecule has 1 aliphatic heterocycles. The van der Waals surface area contributed by atoms with Gasteiger partial charge in [-0.25, -0.2) is 0 Å². The Labute approximate surface area is 121 Å². The fourth-order valence-electron chi connectivity index (χ4n) is 2.41. The molecule has 2 rings (SSSR count). The molecule has 4 nitrogen and oxygen atoms in total. The summed E-state index contributed by atoms with van der Waals surface area (Å²) in [5.74, 6) is -0.697. The Balaban J connectivity index is 2.16. The molecule has 21 heavy (non-hydrogen) atoms. The molecule has 0 bridgehead atoms. The summed E-state index contributed by atoms with van der Waals surface area (Å²) in [7, 11) is 1.97. The number of alkyl halides is 3. The van der Waals surface area contributed by atoms with Crippen molar-refractivity contribution in [2.24, 2.45) is 0 Å². The molecule has 1 saturated heterocycles. The number of piperidine rings is 1. The van der Waals surface area contributed by atoms with Crippen LogP contribution in [0.1, 0.15) is 28.8 Å². The summed E-state index contributed by atoms with van der Waals surface area (Å²) in [6.07, 6.45) is -3.13. The van der Waals surface area contributed by atoms with Crippen molar-refractivity contribution in [3.63, 3.8) is 0 Å². The Morgan fingerprint density at radius 1 is 1.33 bits per heavy atom. The van der Waals surface area contributed by atoms with E-state index in [0.29, 0.717) is 0 Å². The van der Waals surface area contributed by atoms with Crippen LogP contribution >= 0.6 is 0 Å². The smallest absolute Gasteiger partial charge is 0.399 e. The molecule has 1 fully saturated rings. The molecule has 116 valence electrons. The molecule has 0 radical (unpaired) electrons. The summed E-state index contributed by atoms with van der Waals surface area (Å²) in [4.78, 5) is 14.2. The van der Waals surface area contributed by atoms with Crippen molar-refractivity contribution in [2.75, 3.05) is 25.9 Å².